The molecule has 0 bridgehead atoms. The van der Waals surface area contributed by atoms with Crippen LogP contribution >= 0.6 is 11.6 Å². The van der Waals surface area contributed by atoms with Gasteiger partial charge >= 0.3 is 0 Å². The molecule has 0 aliphatic carbocycles. The Bertz CT molecular complexity index is 496. The fourth-order valence-electron chi connectivity index (χ4n) is 1.39. The third-order valence-corrected chi connectivity index (χ3v) is 2.64. The molecule has 0 saturated heterocycles. The molecule has 2 aromatic rings. The van der Waals surface area contributed by atoms with E-state index < -0.39 is 5.82 Å². The Hall–Kier alpha value is -1.55. The van der Waals surface area contributed by atoms with Crippen LogP contribution in [0.3, 0.4) is 0 Å². The van der Waals surface area contributed by atoms with E-state index in [9.17, 15) is 4.39 Å². The van der Waals surface area contributed by atoms with Gasteiger partial charge in [-0.15, -0.1) is 0 Å². The molecule has 0 radical (unpaired) electrons. The molecule has 5 heteroatoms. The molecular weight excluding hydrogens is 229 g/mol. The Kier molecular flexibility index (Phi) is 3.10. The maximum absolute atomic E-state index is 13.1. The predicted molar refractivity (Wildman–Crippen MR) is 61.9 cm³/mol. The Morgan fingerprint density at radius 1 is 1.50 bits per heavy atom. The summed E-state index contributed by atoms with van der Waals surface area (Å²) < 4.78 is 14.8. The average Bonchev–Trinajstić information content (AvgIpc) is 2.67. The maximum atomic E-state index is 13.1. The maximum Gasteiger partial charge on any atom is 0.142 e. The van der Waals surface area contributed by atoms with Crippen molar-refractivity contribution in [3.8, 4) is 0 Å². The highest BCUT2D eigenvalue weighted by Gasteiger charge is 2.05. The van der Waals surface area contributed by atoms with Gasteiger partial charge in [-0.2, -0.15) is 5.10 Å². The second-order valence-corrected chi connectivity index (χ2v) is 3.85. The molecule has 0 atom stereocenters. The molecule has 1 N–H and O–H groups in total. The Balaban J connectivity index is 2.07. The van der Waals surface area contributed by atoms with E-state index in [1.807, 2.05) is 13.2 Å². The minimum Gasteiger partial charge on any atom is -0.378 e. The van der Waals surface area contributed by atoms with E-state index in [0.717, 1.165) is 11.3 Å². The lowest BCUT2D eigenvalue weighted by Crippen LogP contribution is -2.00. The van der Waals surface area contributed by atoms with Crippen LogP contribution < -0.4 is 5.32 Å². The van der Waals surface area contributed by atoms with Crippen LogP contribution in [0, 0.1) is 5.82 Å². The topological polar surface area (TPSA) is 29.9 Å². The van der Waals surface area contributed by atoms with E-state index in [0.29, 0.717) is 6.54 Å². The van der Waals surface area contributed by atoms with Gasteiger partial charge in [0, 0.05) is 19.8 Å². The van der Waals surface area contributed by atoms with Crippen molar-refractivity contribution in [2.75, 3.05) is 5.32 Å². The van der Waals surface area contributed by atoms with Crippen molar-refractivity contribution in [2.24, 2.45) is 7.05 Å². The van der Waals surface area contributed by atoms with Crippen LogP contribution in [0.5, 0.6) is 0 Å². The molecule has 0 amide bonds. The van der Waals surface area contributed by atoms with E-state index >= 15 is 0 Å². The summed E-state index contributed by atoms with van der Waals surface area (Å²) in [5, 5.41) is 7.30. The SMILES string of the molecule is Cn1cc(NCc2cccc(F)c2Cl)cn1. The van der Waals surface area contributed by atoms with Crippen LogP contribution in [0.2, 0.25) is 5.02 Å². The zero-order valence-electron chi connectivity index (χ0n) is 8.74. The number of anilines is 1. The van der Waals surface area contributed by atoms with Crippen molar-refractivity contribution in [1.29, 1.82) is 0 Å². The van der Waals surface area contributed by atoms with Gasteiger partial charge in [0.25, 0.3) is 0 Å². The van der Waals surface area contributed by atoms with Gasteiger partial charge in [0.2, 0.25) is 0 Å². The molecule has 16 heavy (non-hydrogen) atoms. The molecule has 0 spiro atoms. The Morgan fingerprint density at radius 3 is 3.00 bits per heavy atom. The van der Waals surface area contributed by atoms with Gasteiger partial charge < -0.3 is 5.32 Å². The number of aromatic nitrogens is 2. The summed E-state index contributed by atoms with van der Waals surface area (Å²) in [7, 11) is 1.83. The fourth-order valence-corrected chi connectivity index (χ4v) is 1.59. The lowest BCUT2D eigenvalue weighted by Gasteiger charge is -2.06. The predicted octanol–water partition coefficient (Wildman–Crippen LogP) is 2.82. The van der Waals surface area contributed by atoms with Gasteiger partial charge in [-0.05, 0) is 11.6 Å². The monoisotopic (exact) mass is 239 g/mol. The third-order valence-electron chi connectivity index (χ3n) is 2.22. The normalized spacial score (nSPS) is 10.4. The Labute approximate surface area is 97.8 Å². The molecule has 1 aromatic carbocycles. The molecule has 3 nitrogen and oxygen atoms in total. The van der Waals surface area contributed by atoms with Crippen LogP contribution in [-0.4, -0.2) is 9.78 Å². The summed E-state index contributed by atoms with van der Waals surface area (Å²) in [5.41, 5.74) is 1.60. The van der Waals surface area contributed by atoms with Crippen molar-refractivity contribution < 1.29 is 4.39 Å². The van der Waals surface area contributed by atoms with Gasteiger partial charge in [0.15, 0.2) is 0 Å². The third kappa shape index (κ3) is 2.33. The van der Waals surface area contributed by atoms with E-state index in [-0.39, 0.29) is 5.02 Å². The number of aryl methyl sites for hydroxylation is 1. The molecule has 84 valence electrons. The lowest BCUT2D eigenvalue weighted by atomic mass is 10.2. The van der Waals surface area contributed by atoms with E-state index in [4.69, 9.17) is 11.6 Å². The van der Waals surface area contributed by atoms with Crippen molar-refractivity contribution in [2.45, 2.75) is 6.54 Å². The first kappa shape index (κ1) is 11.0. The summed E-state index contributed by atoms with van der Waals surface area (Å²) in [6.45, 7) is 0.474. The zero-order valence-corrected chi connectivity index (χ0v) is 9.50. The molecule has 0 saturated carbocycles. The summed E-state index contributed by atoms with van der Waals surface area (Å²) in [6.07, 6.45) is 3.54. The van der Waals surface area contributed by atoms with Crippen molar-refractivity contribution in [3.63, 3.8) is 0 Å². The van der Waals surface area contributed by atoms with Crippen LogP contribution in [0.1, 0.15) is 5.56 Å². The van der Waals surface area contributed by atoms with Crippen LogP contribution in [0.15, 0.2) is 30.6 Å². The fraction of sp³-hybridized carbons (Fsp3) is 0.182. The molecule has 0 fully saturated rings. The second kappa shape index (κ2) is 4.53. The zero-order chi connectivity index (χ0) is 11.5. The first-order valence-corrected chi connectivity index (χ1v) is 5.20. The number of halogens is 2. The molecule has 2 rings (SSSR count). The first-order valence-electron chi connectivity index (χ1n) is 4.82. The van der Waals surface area contributed by atoms with Crippen LogP contribution in [0.4, 0.5) is 10.1 Å². The number of hydrogen-bond donors (Lipinski definition) is 1. The van der Waals surface area contributed by atoms with Crippen LogP contribution in [-0.2, 0) is 13.6 Å². The highest BCUT2D eigenvalue weighted by atomic mass is 35.5. The summed E-state index contributed by atoms with van der Waals surface area (Å²) in [6, 6.07) is 4.77. The van der Waals surface area contributed by atoms with Crippen LogP contribution in [0.25, 0.3) is 0 Å². The number of hydrogen-bond acceptors (Lipinski definition) is 2. The van der Waals surface area contributed by atoms with E-state index in [1.165, 1.54) is 6.07 Å². The summed E-state index contributed by atoms with van der Waals surface area (Å²) >= 11 is 5.83. The summed E-state index contributed by atoms with van der Waals surface area (Å²) in [5.74, 6) is -0.396. The molecule has 1 aromatic heterocycles. The highest BCUT2D eigenvalue weighted by molar-refractivity contribution is 6.31. The summed E-state index contributed by atoms with van der Waals surface area (Å²) in [4.78, 5) is 0. The highest BCUT2D eigenvalue weighted by Crippen LogP contribution is 2.20. The molecule has 1 heterocycles. The standard InChI is InChI=1S/C11H11ClFN3/c1-16-7-9(6-15-16)14-5-8-3-2-4-10(13)11(8)12/h2-4,6-7,14H,5H2,1H3. The number of nitrogens with one attached hydrogen (secondary N) is 1. The molecular formula is C11H11ClFN3. The largest absolute Gasteiger partial charge is 0.378 e. The molecule has 0 unspecified atom stereocenters. The lowest BCUT2D eigenvalue weighted by molar-refractivity contribution is 0.626. The van der Waals surface area contributed by atoms with Gasteiger partial charge in [0.1, 0.15) is 5.82 Å². The average molecular weight is 240 g/mol. The smallest absolute Gasteiger partial charge is 0.142 e. The van der Waals surface area contributed by atoms with E-state index in [2.05, 4.69) is 10.4 Å². The number of nitrogens with zero attached hydrogens (tertiary/aromatic N) is 2. The van der Waals surface area contributed by atoms with Gasteiger partial charge in [0.05, 0.1) is 16.9 Å². The van der Waals surface area contributed by atoms with E-state index in [1.54, 1.807) is 23.0 Å². The minimum absolute atomic E-state index is 0.166. The molecule has 0 aliphatic rings. The minimum atomic E-state index is -0.396. The number of rotatable bonds is 3. The van der Waals surface area contributed by atoms with Gasteiger partial charge in [-0.25, -0.2) is 4.39 Å². The molecule has 0 aliphatic heterocycles. The number of benzene rings is 1. The van der Waals surface area contributed by atoms with Crippen molar-refractivity contribution >= 4 is 17.3 Å². The first-order chi connectivity index (χ1) is 7.66. The second-order valence-electron chi connectivity index (χ2n) is 3.47. The van der Waals surface area contributed by atoms with Crippen molar-refractivity contribution in [3.05, 3.63) is 47.0 Å². The van der Waals surface area contributed by atoms with Crippen molar-refractivity contribution in [1.82, 2.24) is 9.78 Å². The van der Waals surface area contributed by atoms with Gasteiger partial charge in [-0.3, -0.25) is 4.68 Å². The quantitative estimate of drug-likeness (QED) is 0.893. The Morgan fingerprint density at radius 2 is 2.31 bits per heavy atom. The van der Waals surface area contributed by atoms with Gasteiger partial charge in [-0.1, -0.05) is 23.7 Å².